The Bertz CT molecular complexity index is 797. The van der Waals surface area contributed by atoms with Crippen molar-refractivity contribution in [2.24, 2.45) is 0 Å². The predicted molar refractivity (Wildman–Crippen MR) is 114 cm³/mol. The molecule has 1 atom stereocenters. The van der Waals surface area contributed by atoms with E-state index in [0.717, 1.165) is 44.6 Å². The van der Waals surface area contributed by atoms with Gasteiger partial charge in [0.15, 0.2) is 0 Å². The number of hydrogen-bond acceptors (Lipinski definition) is 5. The Morgan fingerprint density at radius 3 is 2.50 bits per heavy atom. The van der Waals surface area contributed by atoms with Gasteiger partial charge in [0.1, 0.15) is 5.82 Å². The highest BCUT2D eigenvalue weighted by atomic mass is 32.2. The summed E-state index contributed by atoms with van der Waals surface area (Å²) in [5.74, 6) is -0.501. The molecule has 0 saturated carbocycles. The first-order chi connectivity index (χ1) is 14.4. The van der Waals surface area contributed by atoms with Gasteiger partial charge < -0.3 is 10.2 Å². The monoisotopic (exact) mass is 440 g/mol. The second-order valence-electron chi connectivity index (χ2n) is 8.12. The molecule has 0 bridgehead atoms. The van der Waals surface area contributed by atoms with Gasteiger partial charge in [-0.05, 0) is 50.6 Å². The SMILES string of the molecule is C[C@@H]1CCCCN1CCN(CCC(=O)N1CCNCC1)S(=O)(=O)c1ccc(F)cc1. The molecule has 0 aromatic heterocycles. The Kier molecular flexibility index (Phi) is 8.21. The van der Waals surface area contributed by atoms with Gasteiger partial charge in [-0.2, -0.15) is 4.31 Å². The maximum Gasteiger partial charge on any atom is 0.243 e. The van der Waals surface area contributed by atoms with Gasteiger partial charge in [0.2, 0.25) is 15.9 Å². The van der Waals surface area contributed by atoms with Crippen LogP contribution in [-0.2, 0) is 14.8 Å². The third-order valence-corrected chi connectivity index (χ3v) is 7.99. The van der Waals surface area contributed by atoms with E-state index in [4.69, 9.17) is 0 Å². The van der Waals surface area contributed by atoms with Gasteiger partial charge in [-0.3, -0.25) is 9.69 Å². The quantitative estimate of drug-likeness (QED) is 0.664. The van der Waals surface area contributed by atoms with Crippen LogP contribution < -0.4 is 5.32 Å². The number of carbonyl (C=O) groups is 1. The Labute approximate surface area is 179 Å². The molecule has 30 heavy (non-hydrogen) atoms. The van der Waals surface area contributed by atoms with Crippen LogP contribution in [0.25, 0.3) is 0 Å². The van der Waals surface area contributed by atoms with Crippen LogP contribution in [0.15, 0.2) is 29.2 Å². The molecule has 0 aliphatic carbocycles. The van der Waals surface area contributed by atoms with Crippen LogP contribution in [0, 0.1) is 5.82 Å². The summed E-state index contributed by atoms with van der Waals surface area (Å²) in [6.07, 6.45) is 3.59. The highest BCUT2D eigenvalue weighted by Crippen LogP contribution is 2.19. The topological polar surface area (TPSA) is 73.0 Å². The molecule has 2 fully saturated rings. The van der Waals surface area contributed by atoms with Crippen molar-refractivity contribution in [2.75, 3.05) is 52.4 Å². The number of amides is 1. The lowest BCUT2D eigenvalue weighted by Crippen LogP contribution is -2.48. The lowest BCUT2D eigenvalue weighted by Gasteiger charge is -2.35. The van der Waals surface area contributed by atoms with E-state index < -0.39 is 15.8 Å². The van der Waals surface area contributed by atoms with Crippen molar-refractivity contribution in [1.29, 1.82) is 0 Å². The summed E-state index contributed by atoms with van der Waals surface area (Å²) in [7, 11) is -3.81. The molecule has 1 amide bonds. The lowest BCUT2D eigenvalue weighted by molar-refractivity contribution is -0.131. The molecule has 1 aromatic rings. The minimum atomic E-state index is -3.81. The smallest absolute Gasteiger partial charge is 0.243 e. The maximum absolute atomic E-state index is 13.3. The molecule has 1 aromatic carbocycles. The summed E-state index contributed by atoms with van der Waals surface area (Å²) < 4.78 is 41.2. The van der Waals surface area contributed by atoms with Crippen molar-refractivity contribution < 1.29 is 17.6 Å². The second kappa shape index (κ2) is 10.7. The standard InChI is InChI=1S/C21H33FN4O3S/c1-18-4-2-3-12-24(18)16-17-26(13-9-21(27)25-14-10-23-11-15-25)30(28,29)20-7-5-19(22)6-8-20/h5-8,18,23H,2-4,9-17H2,1H3/t18-/m1/s1. The molecule has 0 radical (unpaired) electrons. The van der Waals surface area contributed by atoms with Crippen LogP contribution in [0.5, 0.6) is 0 Å². The van der Waals surface area contributed by atoms with Gasteiger partial charge in [-0.1, -0.05) is 6.42 Å². The Morgan fingerprint density at radius 2 is 1.83 bits per heavy atom. The average molecular weight is 441 g/mol. The summed E-state index contributed by atoms with van der Waals surface area (Å²) in [5, 5.41) is 3.21. The molecular weight excluding hydrogens is 407 g/mol. The number of likely N-dealkylation sites (tertiary alicyclic amines) is 1. The van der Waals surface area contributed by atoms with Crippen LogP contribution in [0.2, 0.25) is 0 Å². The van der Waals surface area contributed by atoms with Crippen LogP contribution in [0.1, 0.15) is 32.6 Å². The molecule has 2 aliphatic rings. The number of piperidine rings is 1. The zero-order chi connectivity index (χ0) is 21.6. The zero-order valence-electron chi connectivity index (χ0n) is 17.7. The van der Waals surface area contributed by atoms with Crippen LogP contribution in [-0.4, -0.2) is 86.8 Å². The molecule has 2 saturated heterocycles. The van der Waals surface area contributed by atoms with E-state index in [1.807, 2.05) is 0 Å². The van der Waals surface area contributed by atoms with E-state index >= 15 is 0 Å². The molecule has 2 heterocycles. The van der Waals surface area contributed by atoms with E-state index in [1.165, 1.54) is 22.9 Å². The van der Waals surface area contributed by atoms with Crippen molar-refractivity contribution in [2.45, 2.75) is 43.5 Å². The van der Waals surface area contributed by atoms with Crippen LogP contribution in [0.3, 0.4) is 0 Å². The maximum atomic E-state index is 13.3. The van der Waals surface area contributed by atoms with Crippen molar-refractivity contribution in [3.05, 3.63) is 30.1 Å². The van der Waals surface area contributed by atoms with Crippen LogP contribution >= 0.6 is 0 Å². The van der Waals surface area contributed by atoms with Crippen LogP contribution in [0.4, 0.5) is 4.39 Å². The first-order valence-corrected chi connectivity index (χ1v) is 12.3. The van der Waals surface area contributed by atoms with E-state index in [9.17, 15) is 17.6 Å². The van der Waals surface area contributed by atoms with Crippen molar-refractivity contribution in [1.82, 2.24) is 19.4 Å². The number of nitrogens with one attached hydrogen (secondary N) is 1. The van der Waals surface area contributed by atoms with E-state index in [-0.39, 0.29) is 23.8 Å². The third kappa shape index (κ3) is 6.00. The lowest BCUT2D eigenvalue weighted by atomic mass is 10.0. The molecule has 9 heteroatoms. The number of halogens is 1. The molecular formula is C21H33FN4O3S. The van der Waals surface area contributed by atoms with Crippen molar-refractivity contribution in [3.8, 4) is 0 Å². The van der Waals surface area contributed by atoms with Gasteiger partial charge in [-0.15, -0.1) is 0 Å². The minimum Gasteiger partial charge on any atom is -0.340 e. The third-order valence-electron chi connectivity index (χ3n) is 6.07. The molecule has 0 spiro atoms. The summed E-state index contributed by atoms with van der Waals surface area (Å²) in [4.78, 5) is 16.7. The number of sulfonamides is 1. The minimum absolute atomic E-state index is 0.0258. The fourth-order valence-electron chi connectivity index (χ4n) is 4.13. The first kappa shape index (κ1) is 23.1. The summed E-state index contributed by atoms with van der Waals surface area (Å²) in [5.41, 5.74) is 0. The van der Waals surface area contributed by atoms with Gasteiger partial charge in [0.25, 0.3) is 0 Å². The van der Waals surface area contributed by atoms with Crippen molar-refractivity contribution >= 4 is 15.9 Å². The largest absolute Gasteiger partial charge is 0.340 e. The number of hydrogen-bond donors (Lipinski definition) is 1. The number of carbonyl (C=O) groups excluding carboxylic acids is 1. The molecule has 0 unspecified atom stereocenters. The van der Waals surface area contributed by atoms with Gasteiger partial charge in [-0.25, -0.2) is 12.8 Å². The summed E-state index contributed by atoms with van der Waals surface area (Å²) in [6, 6.07) is 5.32. The number of nitrogens with zero attached hydrogens (tertiary/aromatic N) is 3. The van der Waals surface area contributed by atoms with Gasteiger partial charge in [0.05, 0.1) is 4.90 Å². The van der Waals surface area contributed by atoms with Gasteiger partial charge in [0, 0.05) is 58.3 Å². The van der Waals surface area contributed by atoms with E-state index in [2.05, 4.69) is 17.1 Å². The predicted octanol–water partition coefficient (Wildman–Crippen LogP) is 1.51. The molecule has 7 nitrogen and oxygen atoms in total. The van der Waals surface area contributed by atoms with Crippen molar-refractivity contribution in [3.63, 3.8) is 0 Å². The molecule has 168 valence electrons. The zero-order valence-corrected chi connectivity index (χ0v) is 18.5. The fraction of sp³-hybridized carbons (Fsp3) is 0.667. The number of piperazine rings is 1. The molecule has 2 aliphatic heterocycles. The fourth-order valence-corrected chi connectivity index (χ4v) is 5.56. The Balaban J connectivity index is 1.69. The summed E-state index contributed by atoms with van der Waals surface area (Å²) in [6.45, 7) is 7.03. The van der Waals surface area contributed by atoms with E-state index in [0.29, 0.717) is 32.2 Å². The highest BCUT2D eigenvalue weighted by molar-refractivity contribution is 7.89. The summed E-state index contributed by atoms with van der Waals surface area (Å²) >= 11 is 0. The van der Waals surface area contributed by atoms with Gasteiger partial charge >= 0.3 is 0 Å². The Morgan fingerprint density at radius 1 is 1.13 bits per heavy atom. The number of benzene rings is 1. The first-order valence-electron chi connectivity index (χ1n) is 10.9. The normalized spacial score (nSPS) is 21.2. The highest BCUT2D eigenvalue weighted by Gasteiger charge is 2.28. The average Bonchev–Trinajstić information content (AvgIpc) is 2.75. The Hall–Kier alpha value is -1.55. The second-order valence-corrected chi connectivity index (χ2v) is 10.1. The molecule has 1 N–H and O–H groups in total. The van der Waals surface area contributed by atoms with E-state index in [1.54, 1.807) is 4.90 Å². The number of rotatable bonds is 8. The molecule has 3 rings (SSSR count).